The number of ether oxygens (including phenoxy) is 1. The first-order valence-corrected chi connectivity index (χ1v) is 9.96. The highest BCUT2D eigenvalue weighted by Crippen LogP contribution is 2.25. The van der Waals surface area contributed by atoms with E-state index in [1.165, 1.54) is 16.7 Å². The fourth-order valence-corrected chi connectivity index (χ4v) is 4.13. The Balaban J connectivity index is 1.71. The second-order valence-electron chi connectivity index (χ2n) is 7.27. The standard InChI is InChI=1S/C22H29N3OS/c1-16-13-17(2)15-20(14-16)24-22(27)23-18(3)21(19-7-5-4-6-8-19)25-9-11-26-12-10-25/h4-8,13-15,18,21H,9-12H2,1-3H3,(H2,23,24,27)/t18-,21+/m0/s1. The summed E-state index contributed by atoms with van der Waals surface area (Å²) in [6.45, 7) is 9.82. The van der Waals surface area contributed by atoms with Gasteiger partial charge in [-0.1, -0.05) is 36.4 Å². The summed E-state index contributed by atoms with van der Waals surface area (Å²) in [5.74, 6) is 0. The molecule has 0 spiro atoms. The molecule has 0 aliphatic carbocycles. The molecule has 0 saturated carbocycles. The lowest BCUT2D eigenvalue weighted by atomic mass is 9.98. The van der Waals surface area contributed by atoms with E-state index in [0.29, 0.717) is 5.11 Å². The van der Waals surface area contributed by atoms with Crippen molar-refractivity contribution in [3.8, 4) is 0 Å². The van der Waals surface area contributed by atoms with E-state index in [0.717, 1.165) is 32.0 Å². The van der Waals surface area contributed by atoms with E-state index in [1.807, 2.05) is 0 Å². The summed E-state index contributed by atoms with van der Waals surface area (Å²) >= 11 is 5.60. The fourth-order valence-electron chi connectivity index (χ4n) is 3.82. The van der Waals surface area contributed by atoms with Gasteiger partial charge in [0.05, 0.1) is 19.3 Å². The van der Waals surface area contributed by atoms with Crippen molar-refractivity contribution in [1.29, 1.82) is 0 Å². The van der Waals surface area contributed by atoms with E-state index in [1.54, 1.807) is 0 Å². The molecule has 0 unspecified atom stereocenters. The van der Waals surface area contributed by atoms with Crippen LogP contribution >= 0.6 is 12.2 Å². The Labute approximate surface area is 167 Å². The van der Waals surface area contributed by atoms with Crippen LogP contribution in [0.25, 0.3) is 0 Å². The van der Waals surface area contributed by atoms with E-state index >= 15 is 0 Å². The zero-order valence-electron chi connectivity index (χ0n) is 16.4. The molecule has 0 aromatic heterocycles. The Kier molecular flexibility index (Phi) is 6.83. The number of anilines is 1. The molecule has 27 heavy (non-hydrogen) atoms. The van der Waals surface area contributed by atoms with Gasteiger partial charge in [-0.2, -0.15) is 0 Å². The van der Waals surface area contributed by atoms with Gasteiger partial charge in [-0.3, -0.25) is 4.90 Å². The van der Waals surface area contributed by atoms with Gasteiger partial charge >= 0.3 is 0 Å². The minimum absolute atomic E-state index is 0.163. The Bertz CT molecular complexity index is 739. The molecule has 1 aliphatic heterocycles. The monoisotopic (exact) mass is 383 g/mol. The van der Waals surface area contributed by atoms with Crippen molar-refractivity contribution < 1.29 is 4.74 Å². The Morgan fingerprint density at radius 1 is 1.04 bits per heavy atom. The number of hydrogen-bond donors (Lipinski definition) is 2. The predicted octanol–water partition coefficient (Wildman–Crippen LogP) is 4.05. The topological polar surface area (TPSA) is 36.5 Å². The first-order valence-electron chi connectivity index (χ1n) is 9.55. The Morgan fingerprint density at radius 2 is 1.67 bits per heavy atom. The Morgan fingerprint density at radius 3 is 2.30 bits per heavy atom. The predicted molar refractivity (Wildman–Crippen MR) is 116 cm³/mol. The van der Waals surface area contributed by atoms with Crippen molar-refractivity contribution in [3.63, 3.8) is 0 Å². The van der Waals surface area contributed by atoms with Gasteiger partial charge in [0.25, 0.3) is 0 Å². The lowest BCUT2D eigenvalue weighted by Crippen LogP contribution is -2.49. The highest BCUT2D eigenvalue weighted by atomic mass is 32.1. The second kappa shape index (κ2) is 9.31. The molecule has 3 rings (SSSR count). The zero-order valence-corrected chi connectivity index (χ0v) is 17.2. The number of hydrogen-bond acceptors (Lipinski definition) is 3. The van der Waals surface area contributed by atoms with Crippen LogP contribution in [0.3, 0.4) is 0 Å². The maximum Gasteiger partial charge on any atom is 0.171 e. The average molecular weight is 384 g/mol. The highest BCUT2D eigenvalue weighted by Gasteiger charge is 2.28. The van der Waals surface area contributed by atoms with Gasteiger partial charge in [0, 0.05) is 24.8 Å². The van der Waals surface area contributed by atoms with E-state index in [4.69, 9.17) is 17.0 Å². The molecule has 1 fully saturated rings. The summed E-state index contributed by atoms with van der Waals surface area (Å²) < 4.78 is 5.55. The van der Waals surface area contributed by atoms with Gasteiger partial charge in [-0.25, -0.2) is 0 Å². The molecule has 2 atom stereocenters. The number of aryl methyl sites for hydroxylation is 2. The number of thiocarbonyl (C=S) groups is 1. The fraction of sp³-hybridized carbons (Fsp3) is 0.409. The van der Waals surface area contributed by atoms with Gasteiger partial charge < -0.3 is 15.4 Å². The van der Waals surface area contributed by atoms with Crippen LogP contribution in [-0.4, -0.2) is 42.4 Å². The number of benzene rings is 2. The van der Waals surface area contributed by atoms with Gasteiger partial charge in [0.15, 0.2) is 5.11 Å². The summed E-state index contributed by atoms with van der Waals surface area (Å²) in [6, 6.07) is 17.4. The van der Waals surface area contributed by atoms with Crippen molar-refractivity contribution >= 4 is 23.0 Å². The molecule has 2 aromatic carbocycles. The van der Waals surface area contributed by atoms with Crippen LogP contribution in [0.4, 0.5) is 5.69 Å². The van der Waals surface area contributed by atoms with Crippen LogP contribution in [0.1, 0.15) is 29.7 Å². The molecule has 144 valence electrons. The second-order valence-corrected chi connectivity index (χ2v) is 7.68. The molecule has 0 radical (unpaired) electrons. The number of nitrogens with one attached hydrogen (secondary N) is 2. The quantitative estimate of drug-likeness (QED) is 0.762. The van der Waals surface area contributed by atoms with Crippen LogP contribution in [0.5, 0.6) is 0 Å². The first kappa shape index (κ1) is 19.8. The number of morpholine rings is 1. The molecule has 1 saturated heterocycles. The SMILES string of the molecule is Cc1cc(C)cc(NC(=S)N[C@@H](C)[C@H](c2ccccc2)N2CCOCC2)c1. The molecular weight excluding hydrogens is 354 g/mol. The third-order valence-corrected chi connectivity index (χ3v) is 5.11. The molecule has 1 aliphatic rings. The van der Waals surface area contributed by atoms with Crippen molar-refractivity contribution in [3.05, 3.63) is 65.2 Å². The summed E-state index contributed by atoms with van der Waals surface area (Å²) in [4.78, 5) is 2.48. The van der Waals surface area contributed by atoms with Crippen LogP contribution in [-0.2, 0) is 4.74 Å². The molecule has 1 heterocycles. The third-order valence-electron chi connectivity index (χ3n) is 4.89. The van der Waals surface area contributed by atoms with Crippen molar-refractivity contribution in [1.82, 2.24) is 10.2 Å². The number of nitrogens with zero attached hydrogens (tertiary/aromatic N) is 1. The lowest BCUT2D eigenvalue weighted by molar-refractivity contribution is 0.0102. The molecule has 4 nitrogen and oxygen atoms in total. The van der Waals surface area contributed by atoms with Crippen LogP contribution in [0.15, 0.2) is 48.5 Å². The van der Waals surface area contributed by atoms with Crippen molar-refractivity contribution in [2.24, 2.45) is 0 Å². The van der Waals surface area contributed by atoms with Crippen molar-refractivity contribution in [2.75, 3.05) is 31.6 Å². The van der Waals surface area contributed by atoms with E-state index < -0.39 is 0 Å². The molecule has 5 heteroatoms. The van der Waals surface area contributed by atoms with Crippen molar-refractivity contribution in [2.45, 2.75) is 32.9 Å². The maximum absolute atomic E-state index is 5.60. The minimum Gasteiger partial charge on any atom is -0.379 e. The lowest BCUT2D eigenvalue weighted by Gasteiger charge is -2.38. The normalized spacial score (nSPS) is 17.1. The van der Waals surface area contributed by atoms with Crippen LogP contribution < -0.4 is 10.6 Å². The minimum atomic E-state index is 0.163. The summed E-state index contributed by atoms with van der Waals surface area (Å²) in [5, 5.41) is 7.50. The van der Waals surface area contributed by atoms with E-state index in [-0.39, 0.29) is 12.1 Å². The summed E-state index contributed by atoms with van der Waals surface area (Å²) in [6.07, 6.45) is 0. The van der Waals surface area contributed by atoms with Crippen LogP contribution in [0.2, 0.25) is 0 Å². The molecule has 2 N–H and O–H groups in total. The summed E-state index contributed by atoms with van der Waals surface area (Å²) in [5.41, 5.74) is 4.78. The molecule has 0 amide bonds. The maximum atomic E-state index is 5.60. The van der Waals surface area contributed by atoms with Gasteiger partial charge in [0.1, 0.15) is 0 Å². The van der Waals surface area contributed by atoms with E-state index in [9.17, 15) is 0 Å². The van der Waals surface area contributed by atoms with Crippen LogP contribution in [0, 0.1) is 13.8 Å². The summed E-state index contributed by atoms with van der Waals surface area (Å²) in [7, 11) is 0. The average Bonchev–Trinajstić information content (AvgIpc) is 2.62. The third kappa shape index (κ3) is 5.51. The van der Waals surface area contributed by atoms with E-state index in [2.05, 4.69) is 84.8 Å². The molecular formula is C22H29N3OS. The molecule has 0 bridgehead atoms. The zero-order chi connectivity index (χ0) is 19.2. The largest absolute Gasteiger partial charge is 0.379 e. The van der Waals surface area contributed by atoms with Gasteiger partial charge in [0.2, 0.25) is 0 Å². The first-order chi connectivity index (χ1) is 13.0. The smallest absolute Gasteiger partial charge is 0.171 e. The van der Waals surface area contributed by atoms with Gasteiger partial charge in [-0.15, -0.1) is 0 Å². The molecule has 2 aromatic rings. The van der Waals surface area contributed by atoms with Gasteiger partial charge in [-0.05, 0) is 61.8 Å². The Hall–Kier alpha value is -1.95. The highest BCUT2D eigenvalue weighted by molar-refractivity contribution is 7.80. The number of rotatable bonds is 5.